The number of hydrogen-bond acceptors (Lipinski definition) is 5. The van der Waals surface area contributed by atoms with Crippen molar-refractivity contribution in [1.82, 2.24) is 15.5 Å². The van der Waals surface area contributed by atoms with Crippen molar-refractivity contribution >= 4 is 11.3 Å². The standard InChI is InChI=1S/C13H21N3OS/c1-9-6-8-17-12(9)13-16-15-11(18-13)3-2-7-14-10-4-5-10/h9-10,12,14H,2-8H2,1H3. The molecule has 1 aliphatic carbocycles. The van der Waals surface area contributed by atoms with Gasteiger partial charge in [-0.3, -0.25) is 0 Å². The second-order valence-corrected chi connectivity index (χ2v) is 6.52. The highest BCUT2D eigenvalue weighted by atomic mass is 32.1. The Morgan fingerprint density at radius 3 is 2.94 bits per heavy atom. The molecule has 2 heterocycles. The third-order valence-electron chi connectivity index (χ3n) is 3.69. The van der Waals surface area contributed by atoms with Crippen molar-refractivity contribution in [3.8, 4) is 0 Å². The first-order valence-corrected chi connectivity index (χ1v) is 7.82. The molecule has 1 aromatic rings. The highest BCUT2D eigenvalue weighted by Gasteiger charge is 2.29. The van der Waals surface area contributed by atoms with Crippen molar-refractivity contribution in [3.05, 3.63) is 10.0 Å². The molecule has 1 aromatic heterocycles. The maximum absolute atomic E-state index is 5.73. The summed E-state index contributed by atoms with van der Waals surface area (Å²) in [5.74, 6) is 0.585. The normalized spacial score (nSPS) is 27.8. The Morgan fingerprint density at radius 2 is 2.22 bits per heavy atom. The fraction of sp³-hybridized carbons (Fsp3) is 0.846. The van der Waals surface area contributed by atoms with Gasteiger partial charge in [0.25, 0.3) is 0 Å². The minimum Gasteiger partial charge on any atom is -0.371 e. The molecule has 4 nitrogen and oxygen atoms in total. The van der Waals surface area contributed by atoms with E-state index in [9.17, 15) is 0 Å². The van der Waals surface area contributed by atoms with E-state index in [1.54, 1.807) is 11.3 Å². The zero-order valence-electron chi connectivity index (χ0n) is 10.9. The Balaban J connectivity index is 1.46. The lowest BCUT2D eigenvalue weighted by atomic mass is 10.1. The molecule has 5 heteroatoms. The first kappa shape index (κ1) is 12.5. The van der Waals surface area contributed by atoms with Gasteiger partial charge in [-0.1, -0.05) is 18.3 Å². The van der Waals surface area contributed by atoms with E-state index >= 15 is 0 Å². The fourth-order valence-corrected chi connectivity index (χ4v) is 3.39. The van der Waals surface area contributed by atoms with Crippen LogP contribution < -0.4 is 5.32 Å². The summed E-state index contributed by atoms with van der Waals surface area (Å²) in [6, 6.07) is 0.808. The summed E-state index contributed by atoms with van der Waals surface area (Å²) in [5.41, 5.74) is 0. The first-order valence-electron chi connectivity index (χ1n) is 7.00. The summed E-state index contributed by atoms with van der Waals surface area (Å²) in [6.07, 6.45) is 6.26. The first-order chi connectivity index (χ1) is 8.83. The number of ether oxygens (including phenoxy) is 1. The Morgan fingerprint density at radius 1 is 1.33 bits per heavy atom. The summed E-state index contributed by atoms with van der Waals surface area (Å²) in [5, 5.41) is 14.3. The Hall–Kier alpha value is -0.520. The number of rotatable bonds is 6. The molecule has 1 aliphatic heterocycles. The van der Waals surface area contributed by atoms with Gasteiger partial charge in [-0.05, 0) is 38.1 Å². The van der Waals surface area contributed by atoms with Crippen LogP contribution >= 0.6 is 11.3 Å². The van der Waals surface area contributed by atoms with Crippen molar-refractivity contribution in [2.24, 2.45) is 5.92 Å². The molecule has 1 saturated carbocycles. The smallest absolute Gasteiger partial charge is 0.146 e. The zero-order chi connectivity index (χ0) is 12.4. The van der Waals surface area contributed by atoms with Gasteiger partial charge in [0.05, 0.1) is 0 Å². The van der Waals surface area contributed by atoms with Gasteiger partial charge in [-0.15, -0.1) is 10.2 Å². The Kier molecular flexibility index (Phi) is 3.91. The molecular weight excluding hydrogens is 246 g/mol. The van der Waals surface area contributed by atoms with Crippen LogP contribution in [0.3, 0.4) is 0 Å². The van der Waals surface area contributed by atoms with Gasteiger partial charge in [0.2, 0.25) is 0 Å². The van der Waals surface area contributed by atoms with Crippen molar-refractivity contribution in [2.75, 3.05) is 13.2 Å². The van der Waals surface area contributed by atoms with Crippen LogP contribution in [0.15, 0.2) is 0 Å². The molecule has 100 valence electrons. The van der Waals surface area contributed by atoms with Crippen LogP contribution in [0.4, 0.5) is 0 Å². The molecule has 2 atom stereocenters. The highest BCUT2D eigenvalue weighted by Crippen LogP contribution is 2.35. The molecular formula is C13H21N3OS. The molecule has 1 saturated heterocycles. The van der Waals surface area contributed by atoms with E-state index in [-0.39, 0.29) is 6.10 Å². The number of aromatic nitrogens is 2. The van der Waals surface area contributed by atoms with Crippen LogP contribution in [-0.4, -0.2) is 29.4 Å². The van der Waals surface area contributed by atoms with E-state index in [1.165, 1.54) is 12.8 Å². The SMILES string of the molecule is CC1CCOC1c1nnc(CCCNC2CC2)s1. The van der Waals surface area contributed by atoms with Crippen LogP contribution in [0.2, 0.25) is 0 Å². The average Bonchev–Trinajstić information content (AvgIpc) is 2.90. The van der Waals surface area contributed by atoms with Crippen LogP contribution in [0.1, 0.15) is 48.7 Å². The molecule has 0 amide bonds. The van der Waals surface area contributed by atoms with Crippen LogP contribution in [0, 0.1) is 5.92 Å². The molecule has 18 heavy (non-hydrogen) atoms. The van der Waals surface area contributed by atoms with Crippen molar-refractivity contribution in [2.45, 2.75) is 51.2 Å². The molecule has 2 unspecified atom stereocenters. The van der Waals surface area contributed by atoms with Gasteiger partial charge in [-0.2, -0.15) is 0 Å². The van der Waals surface area contributed by atoms with Gasteiger partial charge in [0, 0.05) is 19.1 Å². The molecule has 0 spiro atoms. The number of nitrogens with one attached hydrogen (secondary N) is 1. The molecule has 0 radical (unpaired) electrons. The summed E-state index contributed by atoms with van der Waals surface area (Å²) in [7, 11) is 0. The molecule has 2 aliphatic rings. The minimum absolute atomic E-state index is 0.195. The monoisotopic (exact) mass is 267 g/mol. The van der Waals surface area contributed by atoms with Crippen molar-refractivity contribution in [3.63, 3.8) is 0 Å². The lowest BCUT2D eigenvalue weighted by molar-refractivity contribution is 0.0937. The van der Waals surface area contributed by atoms with Crippen LogP contribution in [0.25, 0.3) is 0 Å². The predicted molar refractivity (Wildman–Crippen MR) is 71.7 cm³/mol. The zero-order valence-corrected chi connectivity index (χ0v) is 11.7. The third-order valence-corrected chi connectivity index (χ3v) is 4.74. The topological polar surface area (TPSA) is 47.0 Å². The van der Waals surface area contributed by atoms with Crippen LogP contribution in [-0.2, 0) is 11.2 Å². The van der Waals surface area contributed by atoms with E-state index < -0.39 is 0 Å². The Labute approximate surface area is 112 Å². The van der Waals surface area contributed by atoms with Crippen LogP contribution in [0.5, 0.6) is 0 Å². The van der Waals surface area contributed by atoms with E-state index in [0.29, 0.717) is 5.92 Å². The molecule has 3 rings (SSSR count). The number of hydrogen-bond donors (Lipinski definition) is 1. The molecule has 1 N–H and O–H groups in total. The van der Waals surface area contributed by atoms with E-state index in [4.69, 9.17) is 4.74 Å². The molecule has 0 aromatic carbocycles. The highest BCUT2D eigenvalue weighted by molar-refractivity contribution is 7.11. The quantitative estimate of drug-likeness (QED) is 0.804. The minimum atomic E-state index is 0.195. The fourth-order valence-electron chi connectivity index (χ4n) is 2.33. The van der Waals surface area contributed by atoms with E-state index in [2.05, 4.69) is 22.4 Å². The predicted octanol–water partition coefficient (Wildman–Crippen LogP) is 2.32. The molecule has 0 bridgehead atoms. The largest absolute Gasteiger partial charge is 0.371 e. The van der Waals surface area contributed by atoms with Gasteiger partial charge >= 0.3 is 0 Å². The van der Waals surface area contributed by atoms with E-state index in [1.807, 2.05) is 0 Å². The Bertz CT molecular complexity index is 391. The summed E-state index contributed by atoms with van der Waals surface area (Å²) in [6.45, 7) is 4.21. The maximum atomic E-state index is 5.73. The summed E-state index contributed by atoms with van der Waals surface area (Å²) in [4.78, 5) is 0. The number of nitrogens with zero attached hydrogens (tertiary/aromatic N) is 2. The second-order valence-electron chi connectivity index (χ2n) is 5.42. The lowest BCUT2D eigenvalue weighted by Crippen LogP contribution is -2.17. The lowest BCUT2D eigenvalue weighted by Gasteiger charge is -2.09. The van der Waals surface area contributed by atoms with Gasteiger partial charge < -0.3 is 10.1 Å². The van der Waals surface area contributed by atoms with Crippen molar-refractivity contribution < 1.29 is 4.74 Å². The second kappa shape index (κ2) is 5.63. The third kappa shape index (κ3) is 3.08. The molecule has 2 fully saturated rings. The average molecular weight is 267 g/mol. The van der Waals surface area contributed by atoms with Gasteiger partial charge in [0.15, 0.2) is 0 Å². The van der Waals surface area contributed by atoms with Gasteiger partial charge in [0.1, 0.15) is 16.1 Å². The maximum Gasteiger partial charge on any atom is 0.146 e. The number of aryl methyl sites for hydroxylation is 1. The summed E-state index contributed by atoms with van der Waals surface area (Å²) < 4.78 is 5.73. The van der Waals surface area contributed by atoms with Crippen molar-refractivity contribution in [1.29, 1.82) is 0 Å². The van der Waals surface area contributed by atoms with Gasteiger partial charge in [-0.25, -0.2) is 0 Å². The summed E-state index contributed by atoms with van der Waals surface area (Å²) >= 11 is 1.73. The van der Waals surface area contributed by atoms with E-state index in [0.717, 1.165) is 48.5 Å².